The van der Waals surface area contributed by atoms with Crippen LogP contribution in [0.5, 0.6) is 0 Å². The molecule has 1 aromatic heterocycles. The van der Waals surface area contributed by atoms with Gasteiger partial charge < -0.3 is 0 Å². The van der Waals surface area contributed by atoms with Crippen molar-refractivity contribution in [1.29, 1.82) is 0 Å². The lowest BCUT2D eigenvalue weighted by molar-refractivity contribution is 0.568. The van der Waals surface area contributed by atoms with E-state index < -0.39 is 0 Å². The molecule has 2 aromatic rings. The standard InChI is InChI=1S/C16H19N3/c17-19-16(12-6-2-1-3-7-12)14-10-11-18-15-9-5-4-8-13(14)15/h4-6,8-11,16,19H,1-3,7,17H2. The Kier molecular flexibility index (Phi) is 3.58. The van der Waals surface area contributed by atoms with Gasteiger partial charge in [0.25, 0.3) is 0 Å². The lowest BCUT2D eigenvalue weighted by Gasteiger charge is -2.24. The first-order valence-corrected chi connectivity index (χ1v) is 6.89. The Morgan fingerprint density at radius 3 is 2.84 bits per heavy atom. The molecule has 3 N–H and O–H groups in total. The van der Waals surface area contributed by atoms with E-state index in [0.29, 0.717) is 0 Å². The minimum Gasteiger partial charge on any atom is -0.271 e. The fourth-order valence-corrected chi connectivity index (χ4v) is 2.89. The Hall–Kier alpha value is -1.71. The third kappa shape index (κ3) is 2.39. The zero-order valence-electron chi connectivity index (χ0n) is 11.0. The molecule has 3 heteroatoms. The molecule has 1 aliphatic carbocycles. The van der Waals surface area contributed by atoms with Crippen molar-refractivity contribution in [3.8, 4) is 0 Å². The van der Waals surface area contributed by atoms with E-state index in [9.17, 15) is 0 Å². The highest BCUT2D eigenvalue weighted by atomic mass is 15.2. The van der Waals surface area contributed by atoms with E-state index in [1.807, 2.05) is 18.3 Å². The molecule has 0 saturated heterocycles. The minimum absolute atomic E-state index is 0.105. The summed E-state index contributed by atoms with van der Waals surface area (Å²) in [5, 5.41) is 1.18. The molecule has 1 aromatic carbocycles. The Morgan fingerprint density at radius 1 is 1.16 bits per heavy atom. The molecule has 0 saturated carbocycles. The van der Waals surface area contributed by atoms with Gasteiger partial charge in [-0.3, -0.25) is 10.8 Å². The van der Waals surface area contributed by atoms with Gasteiger partial charge >= 0.3 is 0 Å². The van der Waals surface area contributed by atoms with Gasteiger partial charge in [0.1, 0.15) is 0 Å². The van der Waals surface area contributed by atoms with Crippen LogP contribution < -0.4 is 11.3 Å². The average molecular weight is 253 g/mol. The Labute approximate surface area is 113 Å². The topological polar surface area (TPSA) is 50.9 Å². The maximum absolute atomic E-state index is 5.82. The maximum Gasteiger partial charge on any atom is 0.0705 e. The highest BCUT2D eigenvalue weighted by Crippen LogP contribution is 2.32. The predicted octanol–water partition coefficient (Wildman–Crippen LogP) is 3.24. The number of nitrogens with one attached hydrogen (secondary N) is 1. The SMILES string of the molecule is NNC(C1=CCCCC1)c1ccnc2ccccc12. The third-order valence-corrected chi connectivity index (χ3v) is 3.86. The predicted molar refractivity (Wildman–Crippen MR) is 78.4 cm³/mol. The second kappa shape index (κ2) is 5.51. The summed E-state index contributed by atoms with van der Waals surface area (Å²) >= 11 is 0. The molecule has 1 aliphatic rings. The van der Waals surface area contributed by atoms with Gasteiger partial charge in [-0.05, 0) is 43.4 Å². The zero-order chi connectivity index (χ0) is 13.1. The second-order valence-electron chi connectivity index (χ2n) is 5.04. The van der Waals surface area contributed by atoms with Crippen molar-refractivity contribution >= 4 is 10.9 Å². The number of hydrogen-bond donors (Lipinski definition) is 2. The summed E-state index contributed by atoms with van der Waals surface area (Å²) < 4.78 is 0. The number of benzene rings is 1. The number of pyridine rings is 1. The van der Waals surface area contributed by atoms with Crippen LogP contribution in [0.15, 0.2) is 48.2 Å². The Balaban J connectivity index is 2.08. The molecule has 1 unspecified atom stereocenters. The van der Waals surface area contributed by atoms with E-state index in [-0.39, 0.29) is 6.04 Å². The molecule has 1 atom stereocenters. The van der Waals surface area contributed by atoms with Crippen LogP contribution in [0.2, 0.25) is 0 Å². The van der Waals surface area contributed by atoms with Crippen LogP contribution in [-0.2, 0) is 0 Å². The van der Waals surface area contributed by atoms with Crippen molar-refractivity contribution in [2.75, 3.05) is 0 Å². The number of hydrazine groups is 1. The lowest BCUT2D eigenvalue weighted by Crippen LogP contribution is -2.30. The molecule has 19 heavy (non-hydrogen) atoms. The van der Waals surface area contributed by atoms with Crippen LogP contribution in [0, 0.1) is 0 Å². The number of rotatable bonds is 3. The van der Waals surface area contributed by atoms with Gasteiger partial charge in [-0.1, -0.05) is 29.8 Å². The van der Waals surface area contributed by atoms with Crippen LogP contribution in [-0.4, -0.2) is 4.98 Å². The molecule has 1 heterocycles. The highest BCUT2D eigenvalue weighted by molar-refractivity contribution is 5.82. The monoisotopic (exact) mass is 253 g/mol. The van der Waals surface area contributed by atoms with Crippen molar-refractivity contribution in [3.05, 3.63) is 53.7 Å². The van der Waals surface area contributed by atoms with Gasteiger partial charge in [0.2, 0.25) is 0 Å². The Morgan fingerprint density at radius 2 is 2.05 bits per heavy atom. The Bertz CT molecular complexity index is 598. The number of aromatic nitrogens is 1. The quantitative estimate of drug-likeness (QED) is 0.501. The first-order chi connectivity index (χ1) is 9.40. The summed E-state index contributed by atoms with van der Waals surface area (Å²) in [4.78, 5) is 4.42. The van der Waals surface area contributed by atoms with Gasteiger partial charge in [-0.15, -0.1) is 0 Å². The average Bonchev–Trinajstić information content (AvgIpc) is 2.49. The van der Waals surface area contributed by atoms with Crippen molar-refractivity contribution in [3.63, 3.8) is 0 Å². The molecule has 3 rings (SSSR count). The van der Waals surface area contributed by atoms with Crippen LogP contribution in [0.3, 0.4) is 0 Å². The van der Waals surface area contributed by atoms with Gasteiger partial charge in [0.05, 0.1) is 11.6 Å². The van der Waals surface area contributed by atoms with Crippen molar-refractivity contribution in [2.45, 2.75) is 31.7 Å². The van der Waals surface area contributed by atoms with Crippen molar-refractivity contribution in [1.82, 2.24) is 10.4 Å². The molecule has 3 nitrogen and oxygen atoms in total. The van der Waals surface area contributed by atoms with E-state index in [1.54, 1.807) is 0 Å². The van der Waals surface area contributed by atoms with E-state index in [1.165, 1.54) is 29.4 Å². The highest BCUT2D eigenvalue weighted by Gasteiger charge is 2.18. The fraction of sp³-hybridized carbons (Fsp3) is 0.312. The maximum atomic E-state index is 5.82. The van der Waals surface area contributed by atoms with E-state index in [2.05, 4.69) is 34.7 Å². The molecule has 0 radical (unpaired) electrons. The largest absolute Gasteiger partial charge is 0.271 e. The summed E-state index contributed by atoms with van der Waals surface area (Å²) in [6.07, 6.45) is 9.04. The fourth-order valence-electron chi connectivity index (χ4n) is 2.89. The van der Waals surface area contributed by atoms with Gasteiger partial charge in [0.15, 0.2) is 0 Å². The second-order valence-corrected chi connectivity index (χ2v) is 5.04. The minimum atomic E-state index is 0.105. The lowest BCUT2D eigenvalue weighted by atomic mass is 9.89. The molecular formula is C16H19N3. The van der Waals surface area contributed by atoms with Gasteiger partial charge in [-0.25, -0.2) is 5.43 Å². The zero-order valence-corrected chi connectivity index (χ0v) is 11.0. The van der Waals surface area contributed by atoms with E-state index in [0.717, 1.165) is 18.4 Å². The normalized spacial score (nSPS) is 17.2. The number of nitrogens with zero attached hydrogens (tertiary/aromatic N) is 1. The van der Waals surface area contributed by atoms with Crippen LogP contribution in [0.1, 0.15) is 37.3 Å². The summed E-state index contributed by atoms with van der Waals surface area (Å²) in [6, 6.07) is 10.4. The number of nitrogens with two attached hydrogens (primary N) is 1. The number of para-hydroxylation sites is 1. The smallest absolute Gasteiger partial charge is 0.0705 e. The first-order valence-electron chi connectivity index (χ1n) is 6.89. The van der Waals surface area contributed by atoms with Gasteiger partial charge in [0, 0.05) is 11.6 Å². The summed E-state index contributed by atoms with van der Waals surface area (Å²) in [5.41, 5.74) is 6.64. The van der Waals surface area contributed by atoms with E-state index >= 15 is 0 Å². The third-order valence-electron chi connectivity index (χ3n) is 3.86. The van der Waals surface area contributed by atoms with Crippen molar-refractivity contribution in [2.24, 2.45) is 5.84 Å². The molecule has 0 amide bonds. The molecular weight excluding hydrogens is 234 g/mol. The van der Waals surface area contributed by atoms with Crippen LogP contribution in [0.25, 0.3) is 10.9 Å². The van der Waals surface area contributed by atoms with Crippen LogP contribution in [0.4, 0.5) is 0 Å². The number of allylic oxidation sites excluding steroid dienone is 1. The molecule has 98 valence electrons. The van der Waals surface area contributed by atoms with Gasteiger partial charge in [-0.2, -0.15) is 0 Å². The van der Waals surface area contributed by atoms with Crippen molar-refractivity contribution < 1.29 is 0 Å². The molecule has 0 bridgehead atoms. The van der Waals surface area contributed by atoms with Crippen LogP contribution >= 0.6 is 0 Å². The summed E-state index contributed by atoms with van der Waals surface area (Å²) in [7, 11) is 0. The first kappa shape index (κ1) is 12.3. The summed E-state index contributed by atoms with van der Waals surface area (Å²) in [5.74, 6) is 5.82. The molecule has 0 fully saturated rings. The number of hydrogen-bond acceptors (Lipinski definition) is 3. The van der Waals surface area contributed by atoms with E-state index in [4.69, 9.17) is 5.84 Å². The number of fused-ring (bicyclic) bond motifs is 1. The molecule has 0 aliphatic heterocycles. The summed E-state index contributed by atoms with van der Waals surface area (Å²) in [6.45, 7) is 0. The molecule has 0 spiro atoms.